The highest BCUT2D eigenvalue weighted by Crippen LogP contribution is 2.29. The van der Waals surface area contributed by atoms with Crippen molar-refractivity contribution < 1.29 is 8.83 Å². The Morgan fingerprint density at radius 1 is 0.952 bits per heavy atom. The molecule has 4 rings (SSSR count). The van der Waals surface area contributed by atoms with Crippen molar-refractivity contribution in [2.75, 3.05) is 0 Å². The van der Waals surface area contributed by atoms with Crippen molar-refractivity contribution >= 4 is 33.7 Å². The first-order valence-electron chi connectivity index (χ1n) is 6.31. The summed E-state index contributed by atoms with van der Waals surface area (Å²) in [6.45, 7) is 0. The number of hydrogen-bond acceptors (Lipinski definition) is 4. The molecule has 0 aliphatic carbocycles. The zero-order valence-corrected chi connectivity index (χ0v) is 11.4. The summed E-state index contributed by atoms with van der Waals surface area (Å²) in [5, 5.41) is 1.24. The Balaban J connectivity index is 2.11. The lowest BCUT2D eigenvalue weighted by atomic mass is 10.2. The number of rotatable bonds is 1. The molecule has 0 unspecified atom stereocenters. The van der Waals surface area contributed by atoms with Gasteiger partial charge >= 0.3 is 5.63 Å². The van der Waals surface area contributed by atoms with Gasteiger partial charge in [-0.2, -0.15) is 0 Å². The minimum Gasteiger partial charge on any atom is -0.447 e. The first-order valence-corrected chi connectivity index (χ1v) is 6.69. The van der Waals surface area contributed by atoms with E-state index in [2.05, 4.69) is 4.98 Å². The summed E-state index contributed by atoms with van der Waals surface area (Å²) in [6.07, 6.45) is 0. The normalized spacial score (nSPS) is 11.3. The zero-order chi connectivity index (χ0) is 14.4. The molecule has 21 heavy (non-hydrogen) atoms. The van der Waals surface area contributed by atoms with Gasteiger partial charge in [0.15, 0.2) is 0 Å². The fourth-order valence-electron chi connectivity index (χ4n) is 2.29. The summed E-state index contributed by atoms with van der Waals surface area (Å²) in [5.41, 5.74) is 1.21. The van der Waals surface area contributed by atoms with Gasteiger partial charge in [0.05, 0.1) is 10.6 Å². The number of fused-ring (bicyclic) bond motifs is 3. The fraction of sp³-hybridized carbons (Fsp3) is 0. The third-order valence-electron chi connectivity index (χ3n) is 3.26. The summed E-state index contributed by atoms with van der Waals surface area (Å²) in [7, 11) is 0. The van der Waals surface area contributed by atoms with Gasteiger partial charge in [-0.3, -0.25) is 0 Å². The summed E-state index contributed by atoms with van der Waals surface area (Å²) in [4.78, 5) is 16.5. The molecule has 5 heteroatoms. The van der Waals surface area contributed by atoms with Crippen molar-refractivity contribution in [1.82, 2.24) is 4.98 Å². The highest BCUT2D eigenvalue weighted by atomic mass is 35.5. The minimum absolute atomic E-state index is 0.118. The molecule has 0 amide bonds. The van der Waals surface area contributed by atoms with E-state index in [1.807, 2.05) is 18.2 Å². The molecule has 102 valence electrons. The number of hydrogen-bond donors (Lipinski definition) is 0. The fourth-order valence-corrected chi connectivity index (χ4v) is 2.51. The van der Waals surface area contributed by atoms with Crippen molar-refractivity contribution in [2.24, 2.45) is 0 Å². The number of para-hydroxylation sites is 1. The van der Waals surface area contributed by atoms with Crippen molar-refractivity contribution in [2.45, 2.75) is 0 Å². The van der Waals surface area contributed by atoms with E-state index in [-0.39, 0.29) is 11.5 Å². The van der Waals surface area contributed by atoms with E-state index in [4.69, 9.17) is 20.4 Å². The van der Waals surface area contributed by atoms with Crippen LogP contribution in [-0.4, -0.2) is 4.98 Å². The van der Waals surface area contributed by atoms with Gasteiger partial charge in [-0.1, -0.05) is 35.9 Å². The predicted molar refractivity (Wildman–Crippen MR) is 80.5 cm³/mol. The van der Waals surface area contributed by atoms with Crippen molar-refractivity contribution in [3.05, 3.63) is 64.0 Å². The lowest BCUT2D eigenvalue weighted by molar-refractivity contribution is 0.500. The van der Waals surface area contributed by atoms with Crippen LogP contribution in [0, 0.1) is 0 Å². The van der Waals surface area contributed by atoms with E-state index < -0.39 is 5.63 Å². The largest absolute Gasteiger partial charge is 0.447 e. The third kappa shape index (κ3) is 1.84. The molecule has 0 saturated carbocycles. The van der Waals surface area contributed by atoms with Crippen LogP contribution in [0.15, 0.2) is 62.2 Å². The smallest absolute Gasteiger partial charge is 0.383 e. The van der Waals surface area contributed by atoms with Crippen LogP contribution < -0.4 is 5.63 Å². The van der Waals surface area contributed by atoms with Crippen LogP contribution >= 0.6 is 11.6 Å². The second kappa shape index (κ2) is 4.46. The second-order valence-electron chi connectivity index (χ2n) is 4.56. The maximum absolute atomic E-state index is 12.1. The minimum atomic E-state index is -0.564. The summed E-state index contributed by atoms with van der Waals surface area (Å²) >= 11 is 6.13. The molecular weight excluding hydrogens is 290 g/mol. The summed E-state index contributed by atoms with van der Waals surface area (Å²) in [6, 6.07) is 14.4. The monoisotopic (exact) mass is 297 g/mol. The maximum atomic E-state index is 12.1. The van der Waals surface area contributed by atoms with Crippen LogP contribution in [0.2, 0.25) is 5.02 Å². The summed E-state index contributed by atoms with van der Waals surface area (Å²) < 4.78 is 10.7. The molecule has 0 fully saturated rings. The lowest BCUT2D eigenvalue weighted by Crippen LogP contribution is -2.01. The van der Waals surface area contributed by atoms with Crippen LogP contribution in [0.3, 0.4) is 0 Å². The zero-order valence-electron chi connectivity index (χ0n) is 10.7. The molecule has 2 heterocycles. The van der Waals surface area contributed by atoms with Gasteiger partial charge in [0.1, 0.15) is 11.1 Å². The van der Waals surface area contributed by atoms with Crippen LogP contribution in [0.4, 0.5) is 0 Å². The molecule has 4 nitrogen and oxygen atoms in total. The lowest BCUT2D eigenvalue weighted by Gasteiger charge is -2.01. The first-order chi connectivity index (χ1) is 10.2. The summed E-state index contributed by atoms with van der Waals surface area (Å²) in [5.74, 6) is 0.185. The van der Waals surface area contributed by atoms with Crippen molar-refractivity contribution in [3.8, 4) is 11.5 Å². The van der Waals surface area contributed by atoms with Crippen LogP contribution in [0.5, 0.6) is 0 Å². The number of aromatic nitrogens is 1. The Kier molecular flexibility index (Phi) is 2.59. The highest BCUT2D eigenvalue weighted by Gasteiger charge is 2.16. The molecule has 0 atom stereocenters. The molecule has 0 spiro atoms. The topological polar surface area (TPSA) is 56.2 Å². The van der Waals surface area contributed by atoms with E-state index in [1.165, 1.54) is 0 Å². The van der Waals surface area contributed by atoms with E-state index in [9.17, 15) is 4.79 Å². The highest BCUT2D eigenvalue weighted by molar-refractivity contribution is 6.33. The number of nitrogens with zero attached hydrogens (tertiary/aromatic N) is 1. The van der Waals surface area contributed by atoms with Gasteiger partial charge in [0.2, 0.25) is 11.5 Å². The van der Waals surface area contributed by atoms with Crippen molar-refractivity contribution in [3.63, 3.8) is 0 Å². The van der Waals surface area contributed by atoms with E-state index in [1.54, 1.807) is 30.3 Å². The van der Waals surface area contributed by atoms with Crippen LogP contribution in [0.1, 0.15) is 0 Å². The van der Waals surface area contributed by atoms with E-state index in [0.717, 1.165) is 5.39 Å². The Bertz CT molecular complexity index is 1030. The Morgan fingerprint density at radius 2 is 1.71 bits per heavy atom. The average molecular weight is 298 g/mol. The maximum Gasteiger partial charge on any atom is 0.383 e. The molecule has 0 aliphatic heterocycles. The van der Waals surface area contributed by atoms with Crippen LogP contribution in [0.25, 0.3) is 33.5 Å². The molecule has 4 aromatic rings. The number of benzene rings is 2. The average Bonchev–Trinajstić information content (AvgIpc) is 2.87. The molecule has 0 N–H and O–H groups in total. The second-order valence-corrected chi connectivity index (χ2v) is 4.97. The molecule has 0 radical (unpaired) electrons. The Morgan fingerprint density at radius 3 is 2.57 bits per heavy atom. The first kappa shape index (κ1) is 12.2. The molecule has 0 aliphatic rings. The van der Waals surface area contributed by atoms with Gasteiger partial charge in [0.25, 0.3) is 0 Å². The molecule has 2 aromatic heterocycles. The predicted octanol–water partition coefficient (Wildman–Crippen LogP) is 4.25. The van der Waals surface area contributed by atoms with Gasteiger partial charge < -0.3 is 8.83 Å². The molecule has 2 aromatic carbocycles. The van der Waals surface area contributed by atoms with Gasteiger partial charge in [-0.25, -0.2) is 9.78 Å². The Hall–Kier alpha value is -2.59. The van der Waals surface area contributed by atoms with E-state index >= 15 is 0 Å². The standard InChI is InChI=1S/C16H8ClNO3/c17-11-7-3-1-5-9(11)15-18-13-10-6-2-4-8-12(10)20-14(13)16(19)21-15/h1-8H. The Labute approximate surface area is 123 Å². The number of halogens is 1. The molecule has 0 saturated heterocycles. The molecule has 0 bridgehead atoms. The third-order valence-corrected chi connectivity index (χ3v) is 3.59. The quantitative estimate of drug-likeness (QED) is 0.527. The number of furan rings is 1. The van der Waals surface area contributed by atoms with Crippen LogP contribution in [-0.2, 0) is 0 Å². The van der Waals surface area contributed by atoms with Gasteiger partial charge in [0, 0.05) is 5.39 Å². The van der Waals surface area contributed by atoms with E-state index in [0.29, 0.717) is 21.7 Å². The van der Waals surface area contributed by atoms with Gasteiger partial charge in [-0.05, 0) is 24.3 Å². The SMILES string of the molecule is O=c1oc(-c2ccccc2Cl)nc2c1oc1ccccc12. The molecular formula is C16H8ClNO3. The van der Waals surface area contributed by atoms with Gasteiger partial charge in [-0.15, -0.1) is 0 Å². The van der Waals surface area contributed by atoms with Crippen molar-refractivity contribution in [1.29, 1.82) is 0 Å².